The lowest BCUT2D eigenvalue weighted by atomic mass is 9.89. The van der Waals surface area contributed by atoms with Gasteiger partial charge < -0.3 is 20.1 Å². The van der Waals surface area contributed by atoms with Gasteiger partial charge in [-0.3, -0.25) is 14.4 Å². The predicted octanol–water partition coefficient (Wildman–Crippen LogP) is 2.05. The van der Waals surface area contributed by atoms with E-state index in [2.05, 4.69) is 10.6 Å². The molecule has 1 saturated carbocycles. The summed E-state index contributed by atoms with van der Waals surface area (Å²) in [5.74, 6) is -0.218. The molecule has 0 aromatic heterocycles. The highest BCUT2D eigenvalue weighted by Gasteiger charge is 2.20. The molecule has 0 radical (unpaired) electrons. The lowest BCUT2D eigenvalue weighted by Gasteiger charge is -2.22. The second-order valence-corrected chi connectivity index (χ2v) is 6.79. The molecular weight excluding hydrogens is 348 g/mol. The van der Waals surface area contributed by atoms with Crippen molar-refractivity contribution in [2.75, 3.05) is 20.2 Å². The van der Waals surface area contributed by atoms with Crippen molar-refractivity contribution >= 4 is 17.8 Å². The van der Waals surface area contributed by atoms with Crippen LogP contribution in [0, 0.1) is 5.92 Å². The number of amides is 2. The minimum atomic E-state index is -0.890. The first kappa shape index (κ1) is 20.7. The Morgan fingerprint density at radius 2 is 1.74 bits per heavy atom. The zero-order chi connectivity index (χ0) is 19.6. The van der Waals surface area contributed by atoms with Crippen LogP contribution >= 0.6 is 0 Å². The highest BCUT2D eigenvalue weighted by molar-refractivity contribution is 5.96. The molecule has 1 aliphatic rings. The first-order chi connectivity index (χ1) is 13.0. The number of ether oxygens (including phenoxy) is 2. The fraction of sp³-hybridized carbons (Fsp3) is 0.550. The number of hydrogen-bond acceptors (Lipinski definition) is 5. The van der Waals surface area contributed by atoms with E-state index in [1.807, 2.05) is 0 Å². The molecule has 1 atom stereocenters. The Hall–Kier alpha value is -2.57. The van der Waals surface area contributed by atoms with Crippen LogP contribution in [0.2, 0.25) is 0 Å². The monoisotopic (exact) mass is 376 g/mol. The first-order valence-electron chi connectivity index (χ1n) is 9.39. The number of methoxy groups -OCH3 is 1. The Morgan fingerprint density at radius 1 is 1.07 bits per heavy atom. The van der Waals surface area contributed by atoms with E-state index >= 15 is 0 Å². The Balaban J connectivity index is 1.68. The van der Waals surface area contributed by atoms with Gasteiger partial charge in [-0.25, -0.2) is 0 Å². The van der Waals surface area contributed by atoms with Crippen molar-refractivity contribution in [3.05, 3.63) is 29.8 Å². The minimum absolute atomic E-state index is 0.300. The number of esters is 1. The molecule has 1 aliphatic carbocycles. The van der Waals surface area contributed by atoms with Crippen LogP contribution in [-0.2, 0) is 14.3 Å². The Labute approximate surface area is 159 Å². The minimum Gasteiger partial charge on any atom is -0.497 e. The molecule has 2 amide bonds. The van der Waals surface area contributed by atoms with E-state index in [1.165, 1.54) is 33.3 Å². The molecule has 0 aliphatic heterocycles. The van der Waals surface area contributed by atoms with Crippen LogP contribution in [0.1, 0.15) is 49.4 Å². The van der Waals surface area contributed by atoms with Gasteiger partial charge in [0, 0.05) is 12.1 Å². The molecule has 1 aromatic carbocycles. The molecule has 0 unspecified atom stereocenters. The summed E-state index contributed by atoms with van der Waals surface area (Å²) in [6.45, 7) is 1.85. The summed E-state index contributed by atoms with van der Waals surface area (Å²) in [6, 6.07) is 6.51. The summed E-state index contributed by atoms with van der Waals surface area (Å²) in [5, 5.41) is 5.32. The number of nitrogens with one attached hydrogen (secondary N) is 2. The number of rotatable bonds is 8. The first-order valence-corrected chi connectivity index (χ1v) is 9.39. The van der Waals surface area contributed by atoms with Crippen molar-refractivity contribution in [1.82, 2.24) is 10.6 Å². The molecule has 2 rings (SSSR count). The summed E-state index contributed by atoms with van der Waals surface area (Å²) in [5.41, 5.74) is 0.405. The van der Waals surface area contributed by atoms with Crippen LogP contribution < -0.4 is 15.4 Å². The fourth-order valence-electron chi connectivity index (χ4n) is 3.07. The maximum absolute atomic E-state index is 12.1. The van der Waals surface area contributed by atoms with Crippen molar-refractivity contribution < 1.29 is 23.9 Å². The molecule has 7 nitrogen and oxygen atoms in total. The van der Waals surface area contributed by atoms with Crippen molar-refractivity contribution in [3.8, 4) is 5.75 Å². The third-order valence-electron chi connectivity index (χ3n) is 4.71. The summed E-state index contributed by atoms with van der Waals surface area (Å²) in [4.78, 5) is 35.9. The lowest BCUT2D eigenvalue weighted by molar-refractivity contribution is -0.153. The van der Waals surface area contributed by atoms with Gasteiger partial charge in [0.25, 0.3) is 11.8 Å². The molecule has 2 N–H and O–H groups in total. The molecule has 1 fully saturated rings. The van der Waals surface area contributed by atoms with E-state index in [9.17, 15) is 14.4 Å². The topological polar surface area (TPSA) is 93.7 Å². The maximum atomic E-state index is 12.1. The summed E-state index contributed by atoms with van der Waals surface area (Å²) < 4.78 is 10.1. The van der Waals surface area contributed by atoms with E-state index in [0.717, 1.165) is 12.8 Å². The highest BCUT2D eigenvalue weighted by atomic mass is 16.5. The third kappa shape index (κ3) is 6.92. The molecule has 7 heteroatoms. The molecule has 148 valence electrons. The maximum Gasteiger partial charge on any atom is 0.326 e. The van der Waals surface area contributed by atoms with E-state index < -0.39 is 18.0 Å². The van der Waals surface area contributed by atoms with Gasteiger partial charge in [0.05, 0.1) is 7.11 Å². The van der Waals surface area contributed by atoms with Gasteiger partial charge in [-0.05, 0) is 49.9 Å². The van der Waals surface area contributed by atoms with Crippen molar-refractivity contribution in [2.24, 2.45) is 5.92 Å². The molecule has 0 bridgehead atoms. The number of carbonyl (C=O) groups is 3. The highest BCUT2D eigenvalue weighted by Crippen LogP contribution is 2.22. The van der Waals surface area contributed by atoms with Crippen molar-refractivity contribution in [3.63, 3.8) is 0 Å². The van der Waals surface area contributed by atoms with E-state index in [0.29, 0.717) is 23.8 Å². The fourth-order valence-corrected chi connectivity index (χ4v) is 3.07. The third-order valence-corrected chi connectivity index (χ3v) is 4.71. The zero-order valence-electron chi connectivity index (χ0n) is 16.0. The van der Waals surface area contributed by atoms with Crippen LogP contribution in [-0.4, -0.2) is 44.1 Å². The second-order valence-electron chi connectivity index (χ2n) is 6.79. The second kappa shape index (κ2) is 10.5. The Kier molecular flexibility index (Phi) is 8.10. The van der Waals surface area contributed by atoms with Gasteiger partial charge in [-0.2, -0.15) is 0 Å². The van der Waals surface area contributed by atoms with Gasteiger partial charge in [0.15, 0.2) is 6.10 Å². The predicted molar refractivity (Wildman–Crippen MR) is 100 cm³/mol. The Morgan fingerprint density at radius 3 is 2.37 bits per heavy atom. The lowest BCUT2D eigenvalue weighted by Crippen LogP contribution is -2.40. The van der Waals surface area contributed by atoms with Crippen molar-refractivity contribution in [2.45, 2.75) is 45.1 Å². The zero-order valence-corrected chi connectivity index (χ0v) is 16.0. The summed E-state index contributed by atoms with van der Waals surface area (Å²) >= 11 is 0. The molecule has 0 heterocycles. The van der Waals surface area contributed by atoms with Gasteiger partial charge in [-0.1, -0.05) is 19.3 Å². The van der Waals surface area contributed by atoms with Crippen LogP contribution in [0.5, 0.6) is 5.75 Å². The molecule has 27 heavy (non-hydrogen) atoms. The largest absolute Gasteiger partial charge is 0.497 e. The number of benzene rings is 1. The summed E-state index contributed by atoms with van der Waals surface area (Å²) in [6.07, 6.45) is 5.05. The van der Waals surface area contributed by atoms with Crippen LogP contribution in [0.3, 0.4) is 0 Å². The summed E-state index contributed by atoms with van der Waals surface area (Å²) in [7, 11) is 1.54. The average Bonchev–Trinajstić information content (AvgIpc) is 2.71. The normalized spacial score (nSPS) is 15.5. The standard InChI is InChI=1S/C20H28N2O5/c1-14(19(24)21-12-15-6-4-3-5-7-15)27-18(23)13-22-20(25)16-8-10-17(26-2)11-9-16/h8-11,14-15H,3-7,12-13H2,1-2H3,(H,21,24)(H,22,25)/t14-/m1/s1. The van der Waals surface area contributed by atoms with Gasteiger partial charge in [-0.15, -0.1) is 0 Å². The quantitative estimate of drug-likeness (QED) is 0.678. The van der Waals surface area contributed by atoms with Gasteiger partial charge in [0.2, 0.25) is 0 Å². The smallest absolute Gasteiger partial charge is 0.326 e. The van der Waals surface area contributed by atoms with E-state index in [4.69, 9.17) is 9.47 Å². The SMILES string of the molecule is COc1ccc(C(=O)NCC(=O)O[C@H](C)C(=O)NCC2CCCCC2)cc1. The van der Waals surface area contributed by atoms with Gasteiger partial charge in [0.1, 0.15) is 12.3 Å². The van der Waals surface area contributed by atoms with Crippen LogP contribution in [0.25, 0.3) is 0 Å². The van der Waals surface area contributed by atoms with Crippen LogP contribution in [0.15, 0.2) is 24.3 Å². The molecule has 1 aromatic rings. The van der Waals surface area contributed by atoms with Gasteiger partial charge >= 0.3 is 5.97 Å². The molecule has 0 spiro atoms. The van der Waals surface area contributed by atoms with Crippen LogP contribution in [0.4, 0.5) is 0 Å². The average molecular weight is 376 g/mol. The Bertz CT molecular complexity index is 638. The number of hydrogen-bond donors (Lipinski definition) is 2. The number of carbonyl (C=O) groups excluding carboxylic acids is 3. The van der Waals surface area contributed by atoms with E-state index in [-0.39, 0.29) is 12.5 Å². The molecule has 0 saturated heterocycles. The van der Waals surface area contributed by atoms with Crippen molar-refractivity contribution in [1.29, 1.82) is 0 Å². The van der Waals surface area contributed by atoms with E-state index in [1.54, 1.807) is 24.3 Å². The molecular formula is C20H28N2O5.